The molecule has 6 N–H and O–H groups in total. The van der Waals surface area contributed by atoms with Crippen LogP contribution in [0.3, 0.4) is 0 Å². The van der Waals surface area contributed by atoms with Gasteiger partial charge in [0.25, 0.3) is 0 Å². The lowest BCUT2D eigenvalue weighted by molar-refractivity contribution is -0.150. The summed E-state index contributed by atoms with van der Waals surface area (Å²) in [5.41, 5.74) is 1.29. The number of rotatable bonds is 12. The third kappa shape index (κ3) is 19.8. The van der Waals surface area contributed by atoms with Crippen LogP contribution in [-0.2, 0) is 70.4 Å². The second-order valence-corrected chi connectivity index (χ2v) is 27.6. The lowest BCUT2D eigenvalue weighted by Crippen LogP contribution is -2.63. The van der Waals surface area contributed by atoms with Crippen LogP contribution in [0.1, 0.15) is 138 Å². The normalized spacial score (nSPS) is 27.6. The first-order valence-electron chi connectivity index (χ1n) is 33.6. The maximum Gasteiger partial charge on any atom is 0.248 e. The van der Waals surface area contributed by atoms with Crippen LogP contribution < -0.4 is 26.6 Å². The summed E-state index contributed by atoms with van der Waals surface area (Å²) in [4.78, 5) is 186. The van der Waals surface area contributed by atoms with Gasteiger partial charge in [-0.2, -0.15) is 0 Å². The highest BCUT2D eigenvalue weighted by Gasteiger charge is 2.47. The molecule has 25 nitrogen and oxygen atoms in total. The highest BCUT2D eigenvalue weighted by molar-refractivity contribution is 6.00. The summed E-state index contributed by atoms with van der Waals surface area (Å²) in [5, 5.41) is 25.4. The van der Waals surface area contributed by atoms with Gasteiger partial charge < -0.3 is 66.0 Å². The number of likely N-dealkylation sites (N-methyl/N-ethyl adjacent to an activating group) is 4. The molecular formula is C69H104N12O13. The first kappa shape index (κ1) is 75.1. The van der Waals surface area contributed by atoms with Gasteiger partial charge in [-0.25, -0.2) is 0 Å². The number of carbonyl (C=O) groups excluding carboxylic acids is 12. The van der Waals surface area contributed by atoms with Crippen molar-refractivity contribution in [2.24, 2.45) is 23.7 Å². The van der Waals surface area contributed by atoms with E-state index in [1.807, 2.05) is 41.5 Å². The van der Waals surface area contributed by atoms with E-state index in [0.29, 0.717) is 49.9 Å². The number of nitrogens with one attached hydrogen (secondary N) is 5. The van der Waals surface area contributed by atoms with E-state index in [4.69, 9.17) is 0 Å². The van der Waals surface area contributed by atoms with Crippen LogP contribution in [0.25, 0.3) is 0 Å². The van der Waals surface area contributed by atoms with Crippen molar-refractivity contribution in [3.05, 3.63) is 71.8 Å². The molecule has 0 aromatic heterocycles. The average molecular weight is 1310 g/mol. The fraction of sp³-hybridized carbons (Fsp3) is 0.652. The third-order valence-corrected chi connectivity index (χ3v) is 18.7. The minimum absolute atomic E-state index is 0.0354. The van der Waals surface area contributed by atoms with Crippen LogP contribution in [0, 0.1) is 23.7 Å². The standard InChI is InChI=1S/C69H104N12O13/c1-41(2)33-50-66(91)78(13)59-44(7)39-80(69(59)94)40-57(84)76(11)54(34-42(3)4)64(89)74-58(46(9)82)68(93)81-32-24-21-29-53(81)62(87)70-49(36-47-25-17-14-18-26-47)61(86)72-52(67(92)79-30-22-16-23-31-79)38-56(83)75(10)45(8)60(85)71-51(37-48-27-19-15-20-28-48)65(90)77(12)55(35-43(5)6)63(88)73-50/h14-15,17-20,25-28,41-46,49-55,58-59,82H,16,21-24,29-40H2,1-13H3,(H,70,87)(H,71,85)(H,72,86)(H,73,88)(H,74,89)/t44-,45-,46+,49-,50-,51-,52-,53-,54-,55-,58-,59-/m0/s1. The molecule has 2 aromatic carbocycles. The number of fused-ring (bicyclic) bond motifs is 3. The van der Waals surface area contributed by atoms with Crippen molar-refractivity contribution in [3.8, 4) is 0 Å². The molecule has 25 heteroatoms. The van der Waals surface area contributed by atoms with Crippen LogP contribution >= 0.6 is 0 Å². The molecule has 12 atom stereocenters. The monoisotopic (exact) mass is 1310 g/mol. The Kier molecular flexibility index (Phi) is 27.5. The molecule has 94 heavy (non-hydrogen) atoms. The molecule has 0 aliphatic carbocycles. The number of hydrogen-bond donors (Lipinski definition) is 6. The van der Waals surface area contributed by atoms with Gasteiger partial charge in [-0.3, -0.25) is 57.5 Å². The Morgan fingerprint density at radius 2 is 1.02 bits per heavy atom. The number of likely N-dealkylation sites (tertiary alicyclic amines) is 1. The zero-order chi connectivity index (χ0) is 69.4. The van der Waals surface area contributed by atoms with E-state index in [-0.39, 0.29) is 69.4 Å². The van der Waals surface area contributed by atoms with Crippen molar-refractivity contribution in [1.29, 1.82) is 0 Å². The Bertz CT molecular complexity index is 3000. The number of amides is 12. The van der Waals surface area contributed by atoms with Crippen LogP contribution in [-0.4, -0.2) is 238 Å². The van der Waals surface area contributed by atoms with E-state index < -0.39 is 156 Å². The topological polar surface area (TPSA) is 308 Å². The molecule has 0 unspecified atom stereocenters. The number of aliphatic hydroxyl groups excluding tert-OH is 1. The SMILES string of the molecule is CC(C)C[C@@H]1NC(=O)[C@H](CC(C)C)N(C)C(=O)[C@H](Cc2ccccc2)NC(=O)[C@H](C)N(C)C(=O)C[C@@H](C(=O)N2CCCCC2)NC(=O)[C@H](Cc2ccccc2)NC(=O)[C@@H]2CCCCN2C(=O)[C@H]([C@@H](C)O)NC(=O)[C@H](CC(C)C)N(C)C(=O)CN2C[C@H](C)[C@@H](C2=O)N(C)C1=O. The molecule has 2 bridgehead atoms. The minimum atomic E-state index is -1.62. The molecule has 0 radical (unpaired) electrons. The second-order valence-electron chi connectivity index (χ2n) is 27.6. The van der Waals surface area contributed by atoms with Gasteiger partial charge in [0.2, 0.25) is 70.9 Å². The molecular weight excluding hydrogens is 1200 g/mol. The van der Waals surface area contributed by atoms with Gasteiger partial charge in [-0.15, -0.1) is 0 Å². The lowest BCUT2D eigenvalue weighted by atomic mass is 9.97. The molecule has 518 valence electrons. The summed E-state index contributed by atoms with van der Waals surface area (Å²) < 4.78 is 0. The number of nitrogens with zero attached hydrogens (tertiary/aromatic N) is 7. The Labute approximate surface area is 554 Å². The number of aliphatic hydroxyl groups is 1. The maximum absolute atomic E-state index is 15.1. The first-order valence-corrected chi connectivity index (χ1v) is 33.6. The number of benzene rings is 2. The first-order chi connectivity index (χ1) is 44.4. The molecule has 0 spiro atoms. The Balaban J connectivity index is 1.42. The van der Waals surface area contributed by atoms with E-state index in [1.165, 1.54) is 66.5 Å². The molecule has 4 aliphatic heterocycles. The van der Waals surface area contributed by atoms with Crippen molar-refractivity contribution in [3.63, 3.8) is 0 Å². The Hall–Kier alpha value is -7.96. The smallest absolute Gasteiger partial charge is 0.248 e. The number of piperidine rings is 2. The van der Waals surface area contributed by atoms with Gasteiger partial charge in [-0.1, -0.05) is 109 Å². The number of carbonyl (C=O) groups is 12. The highest BCUT2D eigenvalue weighted by atomic mass is 16.3. The molecule has 4 heterocycles. The Morgan fingerprint density at radius 3 is 1.59 bits per heavy atom. The van der Waals surface area contributed by atoms with E-state index >= 15 is 4.79 Å². The summed E-state index contributed by atoms with van der Waals surface area (Å²) >= 11 is 0. The van der Waals surface area contributed by atoms with Gasteiger partial charge in [0.15, 0.2) is 0 Å². The maximum atomic E-state index is 15.1. The highest BCUT2D eigenvalue weighted by Crippen LogP contribution is 2.27. The van der Waals surface area contributed by atoms with Gasteiger partial charge in [-0.05, 0) is 101 Å². The van der Waals surface area contributed by atoms with E-state index in [0.717, 1.165) is 11.3 Å². The second kappa shape index (κ2) is 34.4. The molecule has 4 fully saturated rings. The average Bonchev–Trinajstić information content (AvgIpc) is 1.59. The van der Waals surface area contributed by atoms with Crippen molar-refractivity contribution < 1.29 is 62.6 Å². The van der Waals surface area contributed by atoms with E-state index in [2.05, 4.69) is 26.6 Å². The minimum Gasteiger partial charge on any atom is -0.391 e. The van der Waals surface area contributed by atoms with Gasteiger partial charge in [0, 0.05) is 73.1 Å². The van der Waals surface area contributed by atoms with E-state index in [9.17, 15) is 57.8 Å². The van der Waals surface area contributed by atoms with Crippen LogP contribution in [0.4, 0.5) is 0 Å². The summed E-state index contributed by atoms with van der Waals surface area (Å²) in [6.45, 7) is 16.0. The summed E-state index contributed by atoms with van der Waals surface area (Å²) in [6, 6.07) is 4.74. The molecule has 0 saturated carbocycles. The van der Waals surface area contributed by atoms with E-state index in [1.54, 1.807) is 72.5 Å². The molecule has 12 amide bonds. The summed E-state index contributed by atoms with van der Waals surface area (Å²) in [7, 11) is 5.69. The lowest BCUT2D eigenvalue weighted by Gasteiger charge is -2.39. The largest absolute Gasteiger partial charge is 0.391 e. The fourth-order valence-corrected chi connectivity index (χ4v) is 13.1. The predicted molar refractivity (Wildman–Crippen MR) is 352 cm³/mol. The van der Waals surface area contributed by atoms with Gasteiger partial charge in [0.05, 0.1) is 19.1 Å². The van der Waals surface area contributed by atoms with Crippen molar-refractivity contribution in [2.45, 2.75) is 206 Å². The summed E-state index contributed by atoms with van der Waals surface area (Å²) in [5.74, 6) is -9.25. The third-order valence-electron chi connectivity index (χ3n) is 18.7. The van der Waals surface area contributed by atoms with Crippen LogP contribution in [0.15, 0.2) is 60.7 Å². The molecule has 4 aliphatic rings. The van der Waals surface area contributed by atoms with Crippen molar-refractivity contribution in [2.75, 3.05) is 60.9 Å². The van der Waals surface area contributed by atoms with Crippen molar-refractivity contribution in [1.82, 2.24) is 60.9 Å². The molecule has 4 saturated heterocycles. The quantitative estimate of drug-likeness (QED) is 0.178. The van der Waals surface area contributed by atoms with Gasteiger partial charge >= 0.3 is 0 Å². The Morgan fingerprint density at radius 1 is 0.511 bits per heavy atom. The molecule has 2 aromatic rings. The zero-order valence-electron chi connectivity index (χ0n) is 57.4. The van der Waals surface area contributed by atoms with Crippen LogP contribution in [0.2, 0.25) is 0 Å². The number of hydrogen-bond acceptors (Lipinski definition) is 13. The van der Waals surface area contributed by atoms with Crippen molar-refractivity contribution >= 4 is 70.9 Å². The van der Waals surface area contributed by atoms with Gasteiger partial charge in [0.1, 0.15) is 60.4 Å². The fourth-order valence-electron chi connectivity index (χ4n) is 13.1. The zero-order valence-corrected chi connectivity index (χ0v) is 57.4. The predicted octanol–water partition coefficient (Wildman–Crippen LogP) is 2.02. The summed E-state index contributed by atoms with van der Waals surface area (Å²) in [6.07, 6.45) is 1.41. The van der Waals surface area contributed by atoms with Crippen LogP contribution in [0.5, 0.6) is 0 Å². The molecule has 6 rings (SSSR count).